The van der Waals surface area contributed by atoms with Gasteiger partial charge in [-0.15, -0.1) is 0 Å². The SMILES string of the molecule is COC(=O)c1c(O)c(OC)nc2ccccc12. The number of hydrogen-bond donors (Lipinski definition) is 1. The van der Waals surface area contributed by atoms with Gasteiger partial charge in [-0.05, 0) is 6.07 Å². The molecule has 2 rings (SSSR count). The maximum Gasteiger partial charge on any atom is 0.342 e. The highest BCUT2D eigenvalue weighted by molar-refractivity contribution is 6.06. The van der Waals surface area contributed by atoms with E-state index in [4.69, 9.17) is 4.74 Å². The third-order valence-corrected chi connectivity index (χ3v) is 2.42. The third-order valence-electron chi connectivity index (χ3n) is 2.42. The number of hydrogen-bond acceptors (Lipinski definition) is 5. The molecular formula is C12H11NO4. The van der Waals surface area contributed by atoms with Gasteiger partial charge in [0.15, 0.2) is 5.75 Å². The first-order valence-electron chi connectivity index (χ1n) is 4.93. The molecule has 1 heterocycles. The number of para-hydroxylation sites is 1. The van der Waals surface area contributed by atoms with E-state index in [1.807, 2.05) is 0 Å². The van der Waals surface area contributed by atoms with Gasteiger partial charge in [-0.2, -0.15) is 0 Å². The lowest BCUT2D eigenvalue weighted by Crippen LogP contribution is -2.05. The van der Waals surface area contributed by atoms with Crippen LogP contribution in [0, 0.1) is 0 Å². The summed E-state index contributed by atoms with van der Waals surface area (Å²) in [6.07, 6.45) is 0. The van der Waals surface area contributed by atoms with Crippen molar-refractivity contribution in [2.75, 3.05) is 14.2 Å². The quantitative estimate of drug-likeness (QED) is 0.800. The number of aromatic hydroxyl groups is 1. The Bertz CT molecular complexity index is 580. The maximum absolute atomic E-state index is 11.7. The van der Waals surface area contributed by atoms with E-state index in [-0.39, 0.29) is 17.2 Å². The van der Waals surface area contributed by atoms with Crippen LogP contribution in [0.5, 0.6) is 11.6 Å². The molecule has 0 atom stereocenters. The summed E-state index contributed by atoms with van der Waals surface area (Å²) in [5, 5.41) is 10.4. The molecule has 0 amide bonds. The monoisotopic (exact) mass is 233 g/mol. The van der Waals surface area contributed by atoms with E-state index in [0.29, 0.717) is 10.9 Å². The molecule has 0 radical (unpaired) electrons. The van der Waals surface area contributed by atoms with Crippen molar-refractivity contribution in [3.63, 3.8) is 0 Å². The lowest BCUT2D eigenvalue weighted by molar-refractivity contribution is 0.0599. The van der Waals surface area contributed by atoms with E-state index in [0.717, 1.165) is 0 Å². The van der Waals surface area contributed by atoms with Crippen LogP contribution in [0.4, 0.5) is 0 Å². The van der Waals surface area contributed by atoms with Gasteiger partial charge in [0.05, 0.1) is 19.7 Å². The molecule has 0 aliphatic rings. The fourth-order valence-electron chi connectivity index (χ4n) is 1.63. The summed E-state index contributed by atoms with van der Waals surface area (Å²) in [6, 6.07) is 6.95. The van der Waals surface area contributed by atoms with Gasteiger partial charge in [0.25, 0.3) is 5.88 Å². The molecule has 0 unspecified atom stereocenters. The Labute approximate surface area is 97.6 Å². The van der Waals surface area contributed by atoms with E-state index in [1.54, 1.807) is 24.3 Å². The first-order chi connectivity index (χ1) is 8.19. The Hall–Kier alpha value is -2.30. The summed E-state index contributed by atoms with van der Waals surface area (Å²) < 4.78 is 9.56. The molecule has 5 nitrogen and oxygen atoms in total. The van der Waals surface area contributed by atoms with Crippen molar-refractivity contribution in [2.45, 2.75) is 0 Å². The zero-order chi connectivity index (χ0) is 12.4. The predicted molar refractivity (Wildman–Crippen MR) is 61.3 cm³/mol. The molecular weight excluding hydrogens is 222 g/mol. The molecule has 0 aliphatic carbocycles. The standard InChI is InChI=1S/C12H11NO4/c1-16-11-10(14)9(12(15)17-2)7-5-3-4-6-8(7)13-11/h3-6,14H,1-2H3. The van der Waals surface area contributed by atoms with Gasteiger partial charge in [-0.25, -0.2) is 9.78 Å². The summed E-state index contributed by atoms with van der Waals surface area (Å²) in [4.78, 5) is 15.7. The Morgan fingerprint density at radius 1 is 1.29 bits per heavy atom. The highest BCUT2D eigenvalue weighted by Crippen LogP contribution is 2.33. The molecule has 0 aliphatic heterocycles. The van der Waals surface area contributed by atoms with Crippen molar-refractivity contribution in [1.29, 1.82) is 0 Å². The zero-order valence-corrected chi connectivity index (χ0v) is 9.43. The van der Waals surface area contributed by atoms with E-state index in [1.165, 1.54) is 14.2 Å². The minimum Gasteiger partial charge on any atom is -0.502 e. The molecule has 0 saturated carbocycles. The second kappa shape index (κ2) is 4.29. The van der Waals surface area contributed by atoms with Crippen LogP contribution in [0.2, 0.25) is 0 Å². The molecule has 1 aromatic carbocycles. The van der Waals surface area contributed by atoms with E-state index < -0.39 is 5.97 Å². The Morgan fingerprint density at radius 3 is 2.65 bits per heavy atom. The molecule has 2 aromatic rings. The minimum absolute atomic E-state index is 0.00380. The predicted octanol–water partition coefficient (Wildman–Crippen LogP) is 1.74. The van der Waals surface area contributed by atoms with Crippen molar-refractivity contribution >= 4 is 16.9 Å². The molecule has 0 spiro atoms. The van der Waals surface area contributed by atoms with Crippen molar-refractivity contribution < 1.29 is 19.4 Å². The highest BCUT2D eigenvalue weighted by atomic mass is 16.5. The third kappa shape index (κ3) is 1.75. The van der Waals surface area contributed by atoms with Gasteiger partial charge >= 0.3 is 5.97 Å². The van der Waals surface area contributed by atoms with Crippen molar-refractivity contribution in [3.05, 3.63) is 29.8 Å². The van der Waals surface area contributed by atoms with E-state index >= 15 is 0 Å². The van der Waals surface area contributed by atoms with Crippen LogP contribution in [0.25, 0.3) is 10.9 Å². The average molecular weight is 233 g/mol. The zero-order valence-electron chi connectivity index (χ0n) is 9.43. The van der Waals surface area contributed by atoms with E-state index in [9.17, 15) is 9.90 Å². The number of pyridine rings is 1. The first kappa shape index (κ1) is 11.2. The average Bonchev–Trinajstić information content (AvgIpc) is 2.37. The summed E-state index contributed by atoms with van der Waals surface area (Å²) in [5.74, 6) is -0.929. The number of ether oxygens (including phenoxy) is 2. The van der Waals surface area contributed by atoms with Crippen LogP contribution in [0.3, 0.4) is 0 Å². The number of aromatic nitrogens is 1. The summed E-state index contributed by atoms with van der Waals surface area (Å²) in [6.45, 7) is 0. The second-order valence-electron chi connectivity index (χ2n) is 3.35. The van der Waals surface area contributed by atoms with Gasteiger partial charge in [0.2, 0.25) is 0 Å². The van der Waals surface area contributed by atoms with E-state index in [2.05, 4.69) is 9.72 Å². The highest BCUT2D eigenvalue weighted by Gasteiger charge is 2.21. The topological polar surface area (TPSA) is 68.7 Å². The number of esters is 1. The first-order valence-corrected chi connectivity index (χ1v) is 4.93. The molecule has 5 heteroatoms. The van der Waals surface area contributed by atoms with Gasteiger partial charge < -0.3 is 14.6 Å². The van der Waals surface area contributed by atoms with Crippen LogP contribution in [-0.4, -0.2) is 30.3 Å². The molecule has 0 bridgehead atoms. The number of benzene rings is 1. The number of fused-ring (bicyclic) bond motifs is 1. The summed E-state index contributed by atoms with van der Waals surface area (Å²) in [5.41, 5.74) is 0.623. The Kier molecular flexibility index (Phi) is 2.82. The summed E-state index contributed by atoms with van der Waals surface area (Å²) >= 11 is 0. The number of carbonyl (C=O) groups is 1. The van der Waals surface area contributed by atoms with Gasteiger partial charge in [0, 0.05) is 5.39 Å². The number of carbonyl (C=O) groups excluding carboxylic acids is 1. The van der Waals surface area contributed by atoms with Gasteiger partial charge in [-0.3, -0.25) is 0 Å². The molecule has 88 valence electrons. The van der Waals surface area contributed by atoms with Crippen LogP contribution in [-0.2, 0) is 4.74 Å². The second-order valence-corrected chi connectivity index (χ2v) is 3.35. The van der Waals surface area contributed by atoms with Crippen molar-refractivity contribution in [2.24, 2.45) is 0 Å². The van der Waals surface area contributed by atoms with Crippen LogP contribution in [0.1, 0.15) is 10.4 Å². The lowest BCUT2D eigenvalue weighted by Gasteiger charge is -2.09. The van der Waals surface area contributed by atoms with Gasteiger partial charge in [0.1, 0.15) is 5.56 Å². The fourth-order valence-corrected chi connectivity index (χ4v) is 1.63. The Balaban J connectivity index is 2.84. The van der Waals surface area contributed by atoms with Crippen LogP contribution < -0.4 is 4.74 Å². The number of rotatable bonds is 2. The van der Waals surface area contributed by atoms with Crippen molar-refractivity contribution in [1.82, 2.24) is 4.98 Å². The van der Waals surface area contributed by atoms with Crippen LogP contribution >= 0.6 is 0 Å². The summed E-state index contributed by atoms with van der Waals surface area (Å²) in [7, 11) is 2.63. The Morgan fingerprint density at radius 2 is 2.00 bits per heavy atom. The molecule has 1 N–H and O–H groups in total. The van der Waals surface area contributed by atoms with Crippen LogP contribution in [0.15, 0.2) is 24.3 Å². The molecule has 17 heavy (non-hydrogen) atoms. The molecule has 0 fully saturated rings. The lowest BCUT2D eigenvalue weighted by atomic mass is 10.1. The fraction of sp³-hybridized carbons (Fsp3) is 0.167. The number of nitrogens with zero attached hydrogens (tertiary/aromatic N) is 1. The maximum atomic E-state index is 11.7. The minimum atomic E-state index is -0.626. The smallest absolute Gasteiger partial charge is 0.342 e. The van der Waals surface area contributed by atoms with Crippen molar-refractivity contribution in [3.8, 4) is 11.6 Å². The normalized spacial score (nSPS) is 10.2. The number of methoxy groups -OCH3 is 2. The molecule has 0 saturated heterocycles. The molecule has 1 aromatic heterocycles. The van der Waals surface area contributed by atoms with Gasteiger partial charge in [-0.1, -0.05) is 18.2 Å². The largest absolute Gasteiger partial charge is 0.502 e.